The number of carbonyl (C=O) groups excluding carboxylic acids is 2. The number of hydrogen-bond donors (Lipinski definition) is 1. The van der Waals surface area contributed by atoms with Crippen LogP contribution in [-0.2, 0) is 4.79 Å². The van der Waals surface area contributed by atoms with Gasteiger partial charge in [0.1, 0.15) is 5.92 Å². The Labute approximate surface area is 156 Å². The Bertz CT molecular complexity index is 786. The molecular formula is C19H18Cl2N2O2. The maximum Gasteiger partial charge on any atom is 0.236 e. The van der Waals surface area contributed by atoms with Crippen molar-refractivity contribution in [1.29, 1.82) is 0 Å². The molecule has 0 aliphatic rings. The maximum atomic E-state index is 12.8. The van der Waals surface area contributed by atoms with Crippen LogP contribution < -0.4 is 5.32 Å². The highest BCUT2D eigenvalue weighted by atomic mass is 35.5. The van der Waals surface area contributed by atoms with Gasteiger partial charge in [-0.2, -0.15) is 0 Å². The van der Waals surface area contributed by atoms with Crippen LogP contribution >= 0.6 is 23.2 Å². The van der Waals surface area contributed by atoms with Crippen LogP contribution in [0.5, 0.6) is 0 Å². The monoisotopic (exact) mass is 376 g/mol. The lowest BCUT2D eigenvalue weighted by Gasteiger charge is -2.15. The summed E-state index contributed by atoms with van der Waals surface area (Å²) in [6.07, 6.45) is 1.34. The van der Waals surface area contributed by atoms with Crippen molar-refractivity contribution in [2.24, 2.45) is 10.9 Å². The van der Waals surface area contributed by atoms with Crippen molar-refractivity contribution < 1.29 is 9.59 Å². The first-order valence-corrected chi connectivity index (χ1v) is 8.53. The quantitative estimate of drug-likeness (QED) is 0.450. The predicted octanol–water partition coefficient (Wildman–Crippen LogP) is 4.72. The van der Waals surface area contributed by atoms with Gasteiger partial charge in [0.25, 0.3) is 0 Å². The molecule has 1 amide bonds. The summed E-state index contributed by atoms with van der Waals surface area (Å²) in [7, 11) is 0. The first kappa shape index (κ1) is 19.2. The lowest BCUT2D eigenvalue weighted by atomic mass is 9.97. The summed E-state index contributed by atoms with van der Waals surface area (Å²) in [4.78, 5) is 29.5. The van der Waals surface area contributed by atoms with E-state index in [9.17, 15) is 9.59 Å². The van der Waals surface area contributed by atoms with E-state index < -0.39 is 17.6 Å². The molecule has 1 atom stereocenters. The molecule has 1 N–H and O–H groups in total. The minimum atomic E-state index is -1.07. The molecule has 0 bridgehead atoms. The number of ketones is 1. The van der Waals surface area contributed by atoms with E-state index in [-0.39, 0.29) is 11.6 Å². The molecule has 0 aliphatic carbocycles. The number of carbonyl (C=O) groups is 2. The molecule has 0 aromatic heterocycles. The fraction of sp³-hybridized carbons (Fsp3) is 0.211. The van der Waals surface area contributed by atoms with Crippen molar-refractivity contribution in [2.45, 2.75) is 19.9 Å². The van der Waals surface area contributed by atoms with Gasteiger partial charge in [0.15, 0.2) is 5.78 Å². The summed E-state index contributed by atoms with van der Waals surface area (Å²) < 4.78 is 0. The molecule has 0 saturated heterocycles. The van der Waals surface area contributed by atoms with Gasteiger partial charge in [-0.25, -0.2) is 0 Å². The van der Waals surface area contributed by atoms with E-state index in [2.05, 4.69) is 10.3 Å². The van der Waals surface area contributed by atoms with Crippen molar-refractivity contribution in [3.8, 4) is 0 Å². The van der Waals surface area contributed by atoms with E-state index in [0.29, 0.717) is 15.7 Å². The minimum absolute atomic E-state index is 0.0991. The van der Waals surface area contributed by atoms with Crippen LogP contribution in [0.4, 0.5) is 5.69 Å². The number of nitrogens with zero attached hydrogens (tertiary/aromatic N) is 1. The Kier molecular flexibility index (Phi) is 6.73. The predicted molar refractivity (Wildman–Crippen MR) is 102 cm³/mol. The molecule has 2 aromatic rings. The molecule has 2 aromatic carbocycles. The number of aliphatic imine (C=N–C) groups is 1. The van der Waals surface area contributed by atoms with E-state index in [1.54, 1.807) is 48.5 Å². The number of benzene rings is 2. The molecule has 2 rings (SSSR count). The zero-order chi connectivity index (χ0) is 18.4. The van der Waals surface area contributed by atoms with Gasteiger partial charge in [-0.1, -0.05) is 35.3 Å². The molecule has 0 heterocycles. The standard InChI is InChI=1S/C19H18Cl2N2O2/c1-12(2)23-19(25)16(11-22-14-9-7-13(20)8-10-14)18(24)15-5-3-4-6-17(15)21/h3-12,16H,1-2H3,(H,23,25). The molecule has 6 heteroatoms. The number of amides is 1. The second-order valence-corrected chi connectivity index (χ2v) is 6.58. The van der Waals surface area contributed by atoms with Crippen LogP contribution in [0, 0.1) is 5.92 Å². The summed E-state index contributed by atoms with van der Waals surface area (Å²) in [6.45, 7) is 3.65. The molecule has 1 unspecified atom stereocenters. The largest absolute Gasteiger partial charge is 0.353 e. The Morgan fingerprint density at radius 1 is 1.04 bits per heavy atom. The van der Waals surface area contributed by atoms with Gasteiger partial charge in [0, 0.05) is 22.8 Å². The molecule has 0 aliphatic heterocycles. The third kappa shape index (κ3) is 5.41. The van der Waals surface area contributed by atoms with Gasteiger partial charge in [0.2, 0.25) is 5.91 Å². The molecule has 4 nitrogen and oxygen atoms in total. The molecular weight excluding hydrogens is 359 g/mol. The van der Waals surface area contributed by atoms with Gasteiger partial charge in [0.05, 0.1) is 10.7 Å². The van der Waals surface area contributed by atoms with Crippen molar-refractivity contribution in [3.63, 3.8) is 0 Å². The lowest BCUT2D eigenvalue weighted by Crippen LogP contribution is -2.40. The van der Waals surface area contributed by atoms with Gasteiger partial charge in [-0.3, -0.25) is 14.6 Å². The van der Waals surface area contributed by atoms with E-state index in [1.165, 1.54) is 6.21 Å². The number of nitrogens with one attached hydrogen (secondary N) is 1. The molecule has 0 fully saturated rings. The van der Waals surface area contributed by atoms with Crippen molar-refractivity contribution in [3.05, 3.63) is 64.1 Å². The smallest absolute Gasteiger partial charge is 0.236 e. The summed E-state index contributed by atoms with van der Waals surface area (Å²) in [5.74, 6) is -1.89. The number of hydrogen-bond acceptors (Lipinski definition) is 3. The average molecular weight is 377 g/mol. The molecule has 130 valence electrons. The van der Waals surface area contributed by atoms with Crippen molar-refractivity contribution in [2.75, 3.05) is 0 Å². The van der Waals surface area contributed by atoms with Crippen LogP contribution in [0.1, 0.15) is 24.2 Å². The summed E-state index contributed by atoms with van der Waals surface area (Å²) in [5, 5.41) is 3.63. The number of halogens is 2. The van der Waals surface area contributed by atoms with E-state index in [4.69, 9.17) is 23.2 Å². The third-order valence-electron chi connectivity index (χ3n) is 3.33. The Morgan fingerprint density at radius 3 is 2.28 bits per heavy atom. The second kappa shape index (κ2) is 8.79. The van der Waals surface area contributed by atoms with Crippen molar-refractivity contribution in [1.82, 2.24) is 5.32 Å². The SMILES string of the molecule is CC(C)NC(=O)C(C=Nc1ccc(Cl)cc1)C(=O)c1ccccc1Cl. The van der Waals surface area contributed by atoms with Gasteiger partial charge < -0.3 is 5.32 Å². The summed E-state index contributed by atoms with van der Waals surface area (Å²) in [5.41, 5.74) is 0.884. The summed E-state index contributed by atoms with van der Waals surface area (Å²) in [6, 6.07) is 13.3. The first-order valence-electron chi connectivity index (χ1n) is 7.77. The highest BCUT2D eigenvalue weighted by Gasteiger charge is 2.27. The molecule has 0 saturated carbocycles. The second-order valence-electron chi connectivity index (χ2n) is 5.74. The zero-order valence-corrected chi connectivity index (χ0v) is 15.4. The first-order chi connectivity index (χ1) is 11.9. The molecule has 0 radical (unpaired) electrons. The topological polar surface area (TPSA) is 58.5 Å². The van der Waals surface area contributed by atoms with Crippen LogP contribution in [-0.4, -0.2) is 23.9 Å². The lowest BCUT2D eigenvalue weighted by molar-refractivity contribution is -0.122. The fourth-order valence-corrected chi connectivity index (χ4v) is 2.50. The highest BCUT2D eigenvalue weighted by Crippen LogP contribution is 2.20. The van der Waals surface area contributed by atoms with Gasteiger partial charge in [-0.15, -0.1) is 0 Å². The fourth-order valence-electron chi connectivity index (χ4n) is 2.15. The maximum absolute atomic E-state index is 12.8. The zero-order valence-electron chi connectivity index (χ0n) is 13.9. The normalized spacial score (nSPS) is 12.4. The highest BCUT2D eigenvalue weighted by molar-refractivity contribution is 6.35. The van der Waals surface area contributed by atoms with Crippen LogP contribution in [0.15, 0.2) is 53.5 Å². The number of Topliss-reactive ketones (excluding diaryl/α,β-unsaturated/α-hetero) is 1. The minimum Gasteiger partial charge on any atom is -0.353 e. The molecule has 0 spiro atoms. The average Bonchev–Trinajstić information content (AvgIpc) is 2.56. The number of rotatable bonds is 6. The van der Waals surface area contributed by atoms with Gasteiger partial charge in [-0.05, 0) is 50.2 Å². The van der Waals surface area contributed by atoms with Gasteiger partial charge >= 0.3 is 0 Å². The van der Waals surface area contributed by atoms with E-state index in [0.717, 1.165) is 0 Å². The van der Waals surface area contributed by atoms with Crippen molar-refractivity contribution >= 4 is 46.8 Å². The van der Waals surface area contributed by atoms with Crippen LogP contribution in [0.3, 0.4) is 0 Å². The van der Waals surface area contributed by atoms with Crippen LogP contribution in [0.25, 0.3) is 0 Å². The summed E-state index contributed by atoms with van der Waals surface area (Å²) >= 11 is 11.9. The third-order valence-corrected chi connectivity index (χ3v) is 3.92. The van der Waals surface area contributed by atoms with Crippen LogP contribution in [0.2, 0.25) is 10.0 Å². The Morgan fingerprint density at radius 2 is 1.68 bits per heavy atom. The molecule has 25 heavy (non-hydrogen) atoms. The Hall–Kier alpha value is -2.17. The Balaban J connectivity index is 2.32. The van der Waals surface area contributed by atoms with E-state index in [1.807, 2.05) is 13.8 Å². The van der Waals surface area contributed by atoms with E-state index >= 15 is 0 Å².